The molecule has 2 saturated heterocycles. The van der Waals surface area contributed by atoms with Crippen molar-refractivity contribution in [3.05, 3.63) is 0 Å². The first-order chi connectivity index (χ1) is 9.69. The van der Waals surface area contributed by atoms with Crippen LogP contribution in [-0.4, -0.2) is 74.9 Å². The molecule has 4 heteroatoms. The molecule has 4 nitrogen and oxygen atoms in total. The topological polar surface area (TPSA) is 27.7 Å². The lowest BCUT2D eigenvalue weighted by molar-refractivity contribution is 0.0574. The standard InChI is InChI=1S/C16H33N3O/c1-4-15(3)19-9-7-18(8-10-19)13-16(12-17-5-2)6-11-20-14-16/h15,17H,4-14H2,1-3H3. The summed E-state index contributed by atoms with van der Waals surface area (Å²) in [6.45, 7) is 17.0. The number of rotatable bonds is 7. The second-order valence-corrected chi connectivity index (χ2v) is 6.65. The summed E-state index contributed by atoms with van der Waals surface area (Å²) in [6, 6.07) is 0.739. The zero-order valence-corrected chi connectivity index (χ0v) is 13.7. The van der Waals surface area contributed by atoms with Crippen molar-refractivity contribution in [1.82, 2.24) is 15.1 Å². The molecule has 0 radical (unpaired) electrons. The maximum atomic E-state index is 5.70. The Bertz CT molecular complexity index is 271. The Morgan fingerprint density at radius 3 is 2.50 bits per heavy atom. The molecule has 20 heavy (non-hydrogen) atoms. The SMILES string of the molecule is CCNCC1(CN2CCN(C(C)CC)CC2)CCOC1. The van der Waals surface area contributed by atoms with Crippen LogP contribution in [0.3, 0.4) is 0 Å². The third-order valence-corrected chi connectivity index (χ3v) is 5.12. The Morgan fingerprint density at radius 1 is 1.20 bits per heavy atom. The first kappa shape index (κ1) is 16.2. The number of nitrogens with zero attached hydrogens (tertiary/aromatic N) is 2. The van der Waals surface area contributed by atoms with Crippen LogP contribution >= 0.6 is 0 Å². The predicted octanol–water partition coefficient (Wildman–Crippen LogP) is 1.42. The first-order valence-corrected chi connectivity index (χ1v) is 8.44. The Balaban J connectivity index is 1.80. The van der Waals surface area contributed by atoms with E-state index >= 15 is 0 Å². The monoisotopic (exact) mass is 283 g/mol. The van der Waals surface area contributed by atoms with Gasteiger partial charge in [0.15, 0.2) is 0 Å². The van der Waals surface area contributed by atoms with E-state index in [1.54, 1.807) is 0 Å². The number of ether oxygens (including phenoxy) is 1. The predicted molar refractivity (Wildman–Crippen MR) is 84.2 cm³/mol. The molecule has 0 saturated carbocycles. The van der Waals surface area contributed by atoms with Gasteiger partial charge in [0.25, 0.3) is 0 Å². The molecular formula is C16H33N3O. The summed E-state index contributed by atoms with van der Waals surface area (Å²) in [6.07, 6.45) is 2.48. The van der Waals surface area contributed by atoms with E-state index in [4.69, 9.17) is 4.74 Å². The Kier molecular flexibility index (Phi) is 6.27. The van der Waals surface area contributed by atoms with Crippen LogP contribution in [0.5, 0.6) is 0 Å². The van der Waals surface area contributed by atoms with Crippen molar-refractivity contribution in [2.45, 2.75) is 39.7 Å². The van der Waals surface area contributed by atoms with E-state index < -0.39 is 0 Å². The molecule has 118 valence electrons. The van der Waals surface area contributed by atoms with Gasteiger partial charge in [-0.15, -0.1) is 0 Å². The van der Waals surface area contributed by atoms with E-state index in [0.717, 1.165) is 32.3 Å². The molecule has 0 spiro atoms. The molecule has 2 rings (SSSR count). The molecule has 2 unspecified atom stereocenters. The molecule has 2 aliphatic rings. The highest BCUT2D eigenvalue weighted by molar-refractivity contribution is 4.90. The van der Waals surface area contributed by atoms with Crippen molar-refractivity contribution >= 4 is 0 Å². The van der Waals surface area contributed by atoms with Gasteiger partial charge < -0.3 is 15.0 Å². The lowest BCUT2D eigenvalue weighted by Gasteiger charge is -2.41. The van der Waals surface area contributed by atoms with Crippen molar-refractivity contribution < 1.29 is 4.74 Å². The zero-order chi connectivity index (χ0) is 14.4. The molecule has 2 atom stereocenters. The number of hydrogen-bond acceptors (Lipinski definition) is 4. The Labute approximate surface area is 124 Å². The van der Waals surface area contributed by atoms with Gasteiger partial charge in [0.05, 0.1) is 6.61 Å². The average Bonchev–Trinajstić information content (AvgIpc) is 2.94. The fraction of sp³-hybridized carbons (Fsp3) is 1.00. The quantitative estimate of drug-likeness (QED) is 0.765. The van der Waals surface area contributed by atoms with Crippen LogP contribution < -0.4 is 5.32 Å². The van der Waals surface area contributed by atoms with Gasteiger partial charge in [-0.05, 0) is 26.3 Å². The summed E-state index contributed by atoms with van der Waals surface area (Å²) >= 11 is 0. The molecule has 2 fully saturated rings. The van der Waals surface area contributed by atoms with E-state index in [0.29, 0.717) is 5.41 Å². The van der Waals surface area contributed by atoms with Gasteiger partial charge in [-0.2, -0.15) is 0 Å². The molecule has 2 aliphatic heterocycles. The van der Waals surface area contributed by atoms with E-state index in [2.05, 4.69) is 35.9 Å². The molecule has 0 amide bonds. The van der Waals surface area contributed by atoms with Crippen LogP contribution in [0.4, 0.5) is 0 Å². The van der Waals surface area contributed by atoms with Gasteiger partial charge in [-0.3, -0.25) is 4.90 Å². The zero-order valence-electron chi connectivity index (χ0n) is 13.7. The van der Waals surface area contributed by atoms with Gasteiger partial charge in [-0.25, -0.2) is 0 Å². The van der Waals surface area contributed by atoms with Gasteiger partial charge in [0, 0.05) is 57.3 Å². The highest BCUT2D eigenvalue weighted by Crippen LogP contribution is 2.29. The Morgan fingerprint density at radius 2 is 1.95 bits per heavy atom. The number of hydrogen-bond donors (Lipinski definition) is 1. The Hall–Kier alpha value is -0.160. The van der Waals surface area contributed by atoms with Gasteiger partial charge in [-0.1, -0.05) is 13.8 Å². The third kappa shape index (κ3) is 4.17. The van der Waals surface area contributed by atoms with Crippen molar-refractivity contribution in [1.29, 1.82) is 0 Å². The maximum absolute atomic E-state index is 5.70. The summed E-state index contributed by atoms with van der Waals surface area (Å²) in [7, 11) is 0. The molecule has 0 aromatic heterocycles. The normalized spacial score (nSPS) is 30.8. The van der Waals surface area contributed by atoms with E-state index in [1.807, 2.05) is 0 Å². The summed E-state index contributed by atoms with van der Waals surface area (Å²) in [4.78, 5) is 5.30. The molecule has 2 heterocycles. The van der Waals surface area contributed by atoms with Crippen molar-refractivity contribution in [3.63, 3.8) is 0 Å². The fourth-order valence-corrected chi connectivity index (χ4v) is 3.45. The van der Waals surface area contributed by atoms with Crippen LogP contribution in [-0.2, 0) is 4.74 Å². The third-order valence-electron chi connectivity index (χ3n) is 5.12. The van der Waals surface area contributed by atoms with Gasteiger partial charge in [0.2, 0.25) is 0 Å². The minimum atomic E-state index is 0.356. The van der Waals surface area contributed by atoms with Gasteiger partial charge in [0.1, 0.15) is 0 Å². The summed E-state index contributed by atoms with van der Waals surface area (Å²) in [5.74, 6) is 0. The van der Waals surface area contributed by atoms with Crippen LogP contribution in [0, 0.1) is 5.41 Å². The second-order valence-electron chi connectivity index (χ2n) is 6.65. The first-order valence-electron chi connectivity index (χ1n) is 8.44. The summed E-state index contributed by atoms with van der Waals surface area (Å²) in [5, 5.41) is 3.54. The van der Waals surface area contributed by atoms with Crippen LogP contribution in [0.2, 0.25) is 0 Å². The number of piperazine rings is 1. The van der Waals surface area contributed by atoms with Crippen molar-refractivity contribution in [2.24, 2.45) is 5.41 Å². The van der Waals surface area contributed by atoms with E-state index in [9.17, 15) is 0 Å². The molecule has 0 aromatic rings. The van der Waals surface area contributed by atoms with Crippen LogP contribution in [0.1, 0.15) is 33.6 Å². The largest absolute Gasteiger partial charge is 0.381 e. The minimum absolute atomic E-state index is 0.356. The van der Waals surface area contributed by atoms with Crippen LogP contribution in [0.25, 0.3) is 0 Å². The molecular weight excluding hydrogens is 250 g/mol. The molecule has 0 bridgehead atoms. The minimum Gasteiger partial charge on any atom is -0.381 e. The highest BCUT2D eigenvalue weighted by atomic mass is 16.5. The van der Waals surface area contributed by atoms with Crippen molar-refractivity contribution in [2.75, 3.05) is 59.0 Å². The van der Waals surface area contributed by atoms with E-state index in [1.165, 1.54) is 45.6 Å². The lowest BCUT2D eigenvalue weighted by Crippen LogP contribution is -2.53. The summed E-state index contributed by atoms with van der Waals surface area (Å²) in [5.41, 5.74) is 0.356. The highest BCUT2D eigenvalue weighted by Gasteiger charge is 2.37. The van der Waals surface area contributed by atoms with Crippen molar-refractivity contribution in [3.8, 4) is 0 Å². The molecule has 1 N–H and O–H groups in total. The molecule has 0 aromatic carbocycles. The lowest BCUT2D eigenvalue weighted by atomic mass is 9.86. The maximum Gasteiger partial charge on any atom is 0.0547 e. The molecule has 0 aliphatic carbocycles. The van der Waals surface area contributed by atoms with Crippen LogP contribution in [0.15, 0.2) is 0 Å². The summed E-state index contributed by atoms with van der Waals surface area (Å²) < 4.78 is 5.70. The smallest absolute Gasteiger partial charge is 0.0547 e. The number of nitrogens with one attached hydrogen (secondary N) is 1. The van der Waals surface area contributed by atoms with E-state index in [-0.39, 0.29) is 0 Å². The van der Waals surface area contributed by atoms with Gasteiger partial charge >= 0.3 is 0 Å². The average molecular weight is 283 g/mol. The second kappa shape index (κ2) is 7.74. The fourth-order valence-electron chi connectivity index (χ4n) is 3.45.